The van der Waals surface area contributed by atoms with Gasteiger partial charge in [-0.15, -0.1) is 0 Å². The maximum absolute atomic E-state index is 10.9. The third-order valence-electron chi connectivity index (χ3n) is 1.60. The molecule has 0 spiro atoms. The van der Waals surface area contributed by atoms with Crippen molar-refractivity contribution in [2.24, 2.45) is 20.7 Å². The zero-order valence-electron chi connectivity index (χ0n) is 5.58. The third kappa shape index (κ3) is 0.795. The molecule has 0 aromatic carbocycles. The molecule has 2 aliphatic rings. The minimum atomic E-state index is -0.676. The summed E-state index contributed by atoms with van der Waals surface area (Å²) >= 11 is 0. The largest absolute Gasteiger partial charge is 0.329 e. The molecule has 2 N–H and O–H groups in total. The van der Waals surface area contributed by atoms with E-state index in [2.05, 4.69) is 15.0 Å². The van der Waals surface area contributed by atoms with Gasteiger partial charge in [0.05, 0.1) is 0 Å². The number of nitroso groups, excluding NO2 is 1. The molecule has 0 saturated heterocycles. The van der Waals surface area contributed by atoms with E-state index in [1.807, 2.05) is 0 Å². The van der Waals surface area contributed by atoms with E-state index in [0.29, 0.717) is 10.6 Å². The van der Waals surface area contributed by atoms with Gasteiger partial charge in [0.25, 0.3) is 5.84 Å². The van der Waals surface area contributed by atoms with Crippen LogP contribution in [0.15, 0.2) is 15.0 Å². The molecular weight excluding hydrogens is 146 g/mol. The van der Waals surface area contributed by atoms with Gasteiger partial charge in [-0.1, -0.05) is 4.91 Å². The van der Waals surface area contributed by atoms with Crippen molar-refractivity contribution in [3.05, 3.63) is 4.91 Å². The highest BCUT2D eigenvalue weighted by Crippen LogP contribution is 2.10. The lowest BCUT2D eigenvalue weighted by Gasteiger charge is -2.10. The van der Waals surface area contributed by atoms with Crippen LogP contribution in [0, 0.1) is 4.91 Å². The van der Waals surface area contributed by atoms with E-state index in [0.717, 1.165) is 6.34 Å². The fourth-order valence-electron chi connectivity index (χ4n) is 0.990. The van der Waals surface area contributed by atoms with E-state index in [-0.39, 0.29) is 6.04 Å². The van der Waals surface area contributed by atoms with Crippen molar-refractivity contribution >= 4 is 18.5 Å². The van der Waals surface area contributed by atoms with Gasteiger partial charge in [0.15, 0.2) is 6.04 Å². The molecule has 11 heavy (non-hydrogen) atoms. The lowest BCUT2D eigenvalue weighted by atomic mass is 10.2. The van der Waals surface area contributed by atoms with E-state index in [1.165, 1.54) is 6.34 Å². The first-order valence-corrected chi connectivity index (χ1v) is 3.13. The Hall–Kier alpha value is -1.43. The van der Waals surface area contributed by atoms with Crippen LogP contribution in [0.4, 0.5) is 0 Å². The summed E-state index contributed by atoms with van der Waals surface area (Å²) in [5, 5.41) is 0. The van der Waals surface area contributed by atoms with Gasteiger partial charge in [-0.3, -0.25) is 10.7 Å². The molecule has 2 aliphatic heterocycles. The van der Waals surface area contributed by atoms with Gasteiger partial charge in [0.2, 0.25) is 6.17 Å². The Morgan fingerprint density at radius 3 is 3.27 bits per heavy atom. The van der Waals surface area contributed by atoms with E-state index in [9.17, 15) is 4.91 Å². The van der Waals surface area contributed by atoms with Crippen molar-refractivity contribution in [3.8, 4) is 0 Å². The predicted molar refractivity (Wildman–Crippen MR) is 39.8 cm³/mol. The Morgan fingerprint density at radius 1 is 1.64 bits per heavy atom. The normalized spacial score (nSPS) is 33.9. The number of rotatable bonds is 0. The highest BCUT2D eigenvalue weighted by molar-refractivity contribution is 6.01. The van der Waals surface area contributed by atoms with E-state index >= 15 is 0 Å². The number of nitrogens with zero attached hydrogens (tertiary/aromatic N) is 4. The zero-order chi connectivity index (χ0) is 7.84. The Morgan fingerprint density at radius 2 is 2.45 bits per heavy atom. The van der Waals surface area contributed by atoms with Crippen molar-refractivity contribution in [2.75, 3.05) is 0 Å². The van der Waals surface area contributed by atoms with Crippen molar-refractivity contribution in [1.82, 2.24) is 0 Å². The van der Waals surface area contributed by atoms with Gasteiger partial charge in [0.1, 0.15) is 6.34 Å². The van der Waals surface area contributed by atoms with Crippen LogP contribution in [0.5, 0.6) is 0 Å². The average Bonchev–Trinajstić information content (AvgIpc) is 2.45. The maximum atomic E-state index is 10.9. The van der Waals surface area contributed by atoms with Crippen LogP contribution in [0.2, 0.25) is 0 Å². The summed E-state index contributed by atoms with van der Waals surface area (Å²) in [5.74, 6) is 0.518. The molecule has 0 aromatic heterocycles. The number of hydrogen-bond acceptors (Lipinski definition) is 5. The molecule has 2 rings (SSSR count). The van der Waals surface area contributed by atoms with Gasteiger partial charge >= 0.3 is 6.34 Å². The molecule has 2 unspecified atom stereocenters. The van der Waals surface area contributed by atoms with Crippen LogP contribution in [0.3, 0.4) is 0 Å². The molecule has 0 amide bonds. The summed E-state index contributed by atoms with van der Waals surface area (Å²) in [6, 6.07) is -0.377. The number of aliphatic imine (C=N–C) groups is 3. The summed E-state index contributed by atoms with van der Waals surface area (Å²) in [7, 11) is 0. The molecule has 2 heterocycles. The second-order valence-corrected chi connectivity index (χ2v) is 2.29. The van der Waals surface area contributed by atoms with E-state index < -0.39 is 6.17 Å². The second-order valence-electron chi connectivity index (χ2n) is 2.29. The molecule has 2 atom stereocenters. The Kier molecular flexibility index (Phi) is 1.16. The lowest BCUT2D eigenvalue weighted by molar-refractivity contribution is -0.468. The molecule has 0 fully saturated rings. The Bertz CT molecular complexity index is 291. The van der Waals surface area contributed by atoms with Crippen LogP contribution in [0.25, 0.3) is 0 Å². The topological polar surface area (TPSA) is 83.2 Å². The molecule has 56 valence electrons. The lowest BCUT2D eigenvalue weighted by Crippen LogP contribution is -2.48. The Labute approximate surface area is 62.1 Å². The summed E-state index contributed by atoms with van der Waals surface area (Å²) < 4.78 is 0.576. The average molecular weight is 152 g/mol. The minimum absolute atomic E-state index is 0.377. The molecule has 0 aromatic rings. The summed E-state index contributed by atoms with van der Waals surface area (Å²) in [6.45, 7) is 0. The molecule has 6 heteroatoms. The Balaban J connectivity index is 2.40. The van der Waals surface area contributed by atoms with Crippen molar-refractivity contribution in [2.45, 2.75) is 12.2 Å². The maximum Gasteiger partial charge on any atom is 0.329 e. The van der Waals surface area contributed by atoms with Crippen molar-refractivity contribution in [3.63, 3.8) is 0 Å². The quantitative estimate of drug-likeness (QED) is 0.447. The predicted octanol–water partition coefficient (Wildman–Crippen LogP) is -1.10. The van der Waals surface area contributed by atoms with E-state index in [4.69, 9.17) is 5.73 Å². The number of nitrogens with two attached hydrogens (primary N) is 1. The fraction of sp³-hybridized carbons (Fsp3) is 0.400. The van der Waals surface area contributed by atoms with Crippen LogP contribution in [-0.4, -0.2) is 35.5 Å². The molecule has 0 aliphatic carbocycles. The number of hydrogen-bond donors (Lipinski definition) is 1. The summed E-state index contributed by atoms with van der Waals surface area (Å²) in [6.07, 6.45) is 1.82. The van der Waals surface area contributed by atoms with Crippen LogP contribution >= 0.6 is 0 Å². The van der Waals surface area contributed by atoms with Gasteiger partial charge in [-0.25, -0.2) is 0 Å². The van der Waals surface area contributed by atoms with Crippen LogP contribution in [-0.2, 0) is 0 Å². The molecule has 0 saturated carbocycles. The monoisotopic (exact) mass is 152 g/mol. The van der Waals surface area contributed by atoms with Crippen LogP contribution in [0.1, 0.15) is 0 Å². The number of fused-ring (bicyclic) bond motifs is 1. The molecular formula is C5H6N5O+. The zero-order valence-corrected chi connectivity index (χ0v) is 5.58. The van der Waals surface area contributed by atoms with E-state index in [1.54, 1.807) is 0 Å². The first-order chi connectivity index (χ1) is 5.29. The van der Waals surface area contributed by atoms with Gasteiger partial charge < -0.3 is 0 Å². The second kappa shape index (κ2) is 2.03. The molecule has 0 bridgehead atoms. The first kappa shape index (κ1) is 6.29. The van der Waals surface area contributed by atoms with Crippen molar-refractivity contribution < 1.29 is 4.76 Å². The summed E-state index contributed by atoms with van der Waals surface area (Å²) in [4.78, 5) is 22.3. The molecule has 0 radical (unpaired) electrons. The van der Waals surface area contributed by atoms with Gasteiger partial charge in [-0.05, 0) is 9.75 Å². The smallest absolute Gasteiger partial charge is 0.287 e. The number of amidine groups is 1. The van der Waals surface area contributed by atoms with Gasteiger partial charge in [-0.2, -0.15) is 4.99 Å². The van der Waals surface area contributed by atoms with Gasteiger partial charge in [0, 0.05) is 0 Å². The minimum Gasteiger partial charge on any atom is -0.287 e. The third-order valence-corrected chi connectivity index (χ3v) is 1.60. The molecule has 6 nitrogen and oxygen atoms in total. The SMILES string of the molecule is NC1C2N=CN=C2N=C[N+]1=O. The highest BCUT2D eigenvalue weighted by atomic mass is 16.3. The first-order valence-electron chi connectivity index (χ1n) is 3.13. The fourth-order valence-corrected chi connectivity index (χ4v) is 0.990. The highest BCUT2D eigenvalue weighted by Gasteiger charge is 2.39. The van der Waals surface area contributed by atoms with Crippen molar-refractivity contribution in [1.29, 1.82) is 0 Å². The standard InChI is InChI=1S/C5H6N5O/c6-4-3-5(8-1-7-3)9-2-10(4)11/h1-4H,6H2/q+1. The summed E-state index contributed by atoms with van der Waals surface area (Å²) in [5.41, 5.74) is 5.49. The van der Waals surface area contributed by atoms with Crippen LogP contribution < -0.4 is 5.73 Å².